The zero-order valence-electron chi connectivity index (χ0n) is 10.4. The Morgan fingerprint density at radius 3 is 2.67 bits per heavy atom. The van der Waals surface area contributed by atoms with E-state index in [1.807, 2.05) is 0 Å². The summed E-state index contributed by atoms with van der Waals surface area (Å²) >= 11 is 0. The van der Waals surface area contributed by atoms with E-state index in [1.165, 1.54) is 0 Å². The first-order valence-electron chi connectivity index (χ1n) is 6.72. The van der Waals surface area contributed by atoms with Crippen LogP contribution >= 0.6 is 0 Å². The first-order valence-corrected chi connectivity index (χ1v) is 6.72. The molecular weight excluding hydrogens is 228 g/mol. The molecule has 3 rings (SSSR count). The molecule has 1 amide bonds. The van der Waals surface area contributed by atoms with Crippen LogP contribution < -0.4 is 5.32 Å². The molecular formula is C14H18N2O2. The van der Waals surface area contributed by atoms with Gasteiger partial charge in [-0.3, -0.25) is 4.79 Å². The van der Waals surface area contributed by atoms with Crippen molar-refractivity contribution in [3.05, 3.63) is 12.2 Å². The lowest BCUT2D eigenvalue weighted by Gasteiger charge is -2.33. The molecule has 4 heteroatoms. The van der Waals surface area contributed by atoms with Gasteiger partial charge in [-0.1, -0.05) is 12.2 Å². The van der Waals surface area contributed by atoms with Crippen molar-refractivity contribution >= 4 is 5.91 Å². The zero-order chi connectivity index (χ0) is 12.6. The van der Waals surface area contributed by atoms with Crippen LogP contribution in [0.3, 0.4) is 0 Å². The van der Waals surface area contributed by atoms with Crippen molar-refractivity contribution in [2.75, 3.05) is 13.2 Å². The van der Waals surface area contributed by atoms with Gasteiger partial charge >= 0.3 is 0 Å². The third-order valence-corrected chi connectivity index (χ3v) is 4.54. The maximum atomic E-state index is 12.3. The Kier molecular flexibility index (Phi) is 2.87. The van der Waals surface area contributed by atoms with Crippen molar-refractivity contribution in [3.63, 3.8) is 0 Å². The number of hydrogen-bond donors (Lipinski definition) is 1. The molecule has 0 aromatic heterocycles. The molecule has 1 saturated carbocycles. The van der Waals surface area contributed by atoms with Crippen LogP contribution in [-0.2, 0) is 9.53 Å². The normalized spacial score (nSPS) is 36.3. The summed E-state index contributed by atoms with van der Waals surface area (Å²) in [6.07, 6.45) is 7.66. The summed E-state index contributed by atoms with van der Waals surface area (Å²) in [5, 5.41) is 12.3. The number of carbonyl (C=O) groups is 1. The summed E-state index contributed by atoms with van der Waals surface area (Å²) < 4.78 is 5.27. The van der Waals surface area contributed by atoms with Gasteiger partial charge in [-0.05, 0) is 24.7 Å². The number of amides is 1. The smallest absolute Gasteiger partial charge is 0.224 e. The fourth-order valence-corrected chi connectivity index (χ4v) is 3.40. The van der Waals surface area contributed by atoms with Gasteiger partial charge < -0.3 is 10.1 Å². The number of rotatable bonds is 2. The summed E-state index contributed by atoms with van der Waals surface area (Å²) in [5.74, 6) is 1.12. The lowest BCUT2D eigenvalue weighted by Crippen LogP contribution is -2.53. The Morgan fingerprint density at radius 2 is 2.11 bits per heavy atom. The predicted octanol–water partition coefficient (Wildman–Crippen LogP) is 1.39. The number of nitriles is 1. The van der Waals surface area contributed by atoms with Gasteiger partial charge in [-0.15, -0.1) is 0 Å². The van der Waals surface area contributed by atoms with Gasteiger partial charge in [0.1, 0.15) is 5.54 Å². The highest BCUT2D eigenvalue weighted by atomic mass is 16.5. The molecule has 0 aromatic rings. The summed E-state index contributed by atoms with van der Waals surface area (Å²) in [5.41, 5.74) is -0.694. The molecule has 18 heavy (non-hydrogen) atoms. The summed E-state index contributed by atoms with van der Waals surface area (Å²) in [4.78, 5) is 12.3. The van der Waals surface area contributed by atoms with Crippen molar-refractivity contribution in [1.82, 2.24) is 5.32 Å². The maximum Gasteiger partial charge on any atom is 0.224 e. The van der Waals surface area contributed by atoms with E-state index in [2.05, 4.69) is 23.5 Å². The number of ether oxygens (including phenoxy) is 1. The molecule has 0 radical (unpaired) electrons. The predicted molar refractivity (Wildman–Crippen MR) is 65.4 cm³/mol. The molecule has 1 N–H and O–H groups in total. The highest BCUT2D eigenvalue weighted by Crippen LogP contribution is 2.43. The van der Waals surface area contributed by atoms with Crippen LogP contribution in [0.2, 0.25) is 0 Å². The second-order valence-electron chi connectivity index (χ2n) is 5.68. The van der Waals surface area contributed by atoms with Crippen LogP contribution in [0.5, 0.6) is 0 Å². The molecule has 3 atom stereocenters. The molecule has 1 heterocycles. The summed E-state index contributed by atoms with van der Waals surface area (Å²) in [7, 11) is 0. The van der Waals surface area contributed by atoms with Crippen LogP contribution in [0.4, 0.5) is 0 Å². The highest BCUT2D eigenvalue weighted by molar-refractivity contribution is 5.81. The molecule has 96 valence electrons. The third kappa shape index (κ3) is 1.93. The van der Waals surface area contributed by atoms with Crippen molar-refractivity contribution in [2.45, 2.75) is 31.2 Å². The summed E-state index contributed by atoms with van der Waals surface area (Å²) in [6, 6.07) is 2.29. The van der Waals surface area contributed by atoms with E-state index in [0.29, 0.717) is 37.9 Å². The van der Waals surface area contributed by atoms with Crippen molar-refractivity contribution in [3.8, 4) is 6.07 Å². The standard InChI is InChI=1S/C14H18N2O2/c15-9-14(3-5-18-6-4-14)16-13(17)12-8-10-1-2-11(12)7-10/h1-2,10-12H,3-8H2,(H,16,17). The SMILES string of the molecule is N#CC1(NC(=O)C2CC3C=CC2C3)CCOCC1. The van der Waals surface area contributed by atoms with Crippen molar-refractivity contribution in [2.24, 2.45) is 17.8 Å². The number of nitrogens with zero attached hydrogens (tertiary/aromatic N) is 1. The minimum absolute atomic E-state index is 0.0651. The average molecular weight is 246 g/mol. The molecule has 0 aromatic carbocycles. The molecule has 2 fully saturated rings. The number of hydrogen-bond acceptors (Lipinski definition) is 3. The fourth-order valence-electron chi connectivity index (χ4n) is 3.40. The van der Waals surface area contributed by atoms with Gasteiger partial charge in [-0.25, -0.2) is 0 Å². The minimum Gasteiger partial charge on any atom is -0.381 e. The van der Waals surface area contributed by atoms with Gasteiger partial charge in [0.05, 0.1) is 6.07 Å². The molecule has 2 bridgehead atoms. The quantitative estimate of drug-likeness (QED) is 0.749. The van der Waals surface area contributed by atoms with Crippen LogP contribution in [0, 0.1) is 29.1 Å². The Labute approximate surface area is 107 Å². The van der Waals surface area contributed by atoms with Crippen LogP contribution in [-0.4, -0.2) is 24.7 Å². The van der Waals surface area contributed by atoms with Gasteiger partial charge in [0.2, 0.25) is 5.91 Å². The number of allylic oxidation sites excluding steroid dienone is 2. The Hall–Kier alpha value is -1.34. The Morgan fingerprint density at radius 1 is 1.33 bits per heavy atom. The highest BCUT2D eigenvalue weighted by Gasteiger charge is 2.43. The third-order valence-electron chi connectivity index (χ3n) is 4.54. The minimum atomic E-state index is -0.694. The molecule has 3 unspecified atom stereocenters. The first-order chi connectivity index (χ1) is 8.72. The fraction of sp³-hybridized carbons (Fsp3) is 0.714. The molecule has 3 aliphatic rings. The van der Waals surface area contributed by atoms with Crippen molar-refractivity contribution in [1.29, 1.82) is 5.26 Å². The molecule has 1 saturated heterocycles. The van der Waals surface area contributed by atoms with E-state index in [-0.39, 0.29) is 11.8 Å². The molecule has 0 spiro atoms. The van der Waals surface area contributed by atoms with Gasteiger partial charge in [-0.2, -0.15) is 5.26 Å². The number of carbonyl (C=O) groups excluding carboxylic acids is 1. The number of fused-ring (bicyclic) bond motifs is 2. The van der Waals surface area contributed by atoms with E-state index in [1.54, 1.807) is 0 Å². The van der Waals surface area contributed by atoms with Crippen molar-refractivity contribution < 1.29 is 9.53 Å². The molecule has 4 nitrogen and oxygen atoms in total. The summed E-state index contributed by atoms with van der Waals surface area (Å²) in [6.45, 7) is 1.12. The topological polar surface area (TPSA) is 62.1 Å². The zero-order valence-corrected chi connectivity index (χ0v) is 10.4. The van der Waals surface area contributed by atoms with Gasteiger partial charge in [0.25, 0.3) is 0 Å². The van der Waals surface area contributed by atoms with E-state index >= 15 is 0 Å². The van der Waals surface area contributed by atoms with E-state index in [9.17, 15) is 10.1 Å². The monoisotopic (exact) mass is 246 g/mol. The van der Waals surface area contributed by atoms with E-state index in [4.69, 9.17) is 4.74 Å². The van der Waals surface area contributed by atoms with E-state index < -0.39 is 5.54 Å². The van der Waals surface area contributed by atoms with Gasteiger partial charge in [0.15, 0.2) is 0 Å². The average Bonchev–Trinajstić information content (AvgIpc) is 3.02. The van der Waals surface area contributed by atoms with Gasteiger partial charge in [0, 0.05) is 32.0 Å². The van der Waals surface area contributed by atoms with Crippen LogP contribution in [0.25, 0.3) is 0 Å². The second-order valence-corrected chi connectivity index (χ2v) is 5.68. The maximum absolute atomic E-state index is 12.3. The first kappa shape index (κ1) is 11.7. The Bertz CT molecular complexity index is 418. The largest absolute Gasteiger partial charge is 0.381 e. The second kappa shape index (κ2) is 4.40. The number of nitrogens with one attached hydrogen (secondary N) is 1. The van der Waals surface area contributed by atoms with E-state index in [0.717, 1.165) is 12.8 Å². The lowest BCUT2D eigenvalue weighted by molar-refractivity contribution is -0.128. The molecule has 2 aliphatic carbocycles. The lowest BCUT2D eigenvalue weighted by atomic mass is 9.88. The van der Waals surface area contributed by atoms with Crippen LogP contribution in [0.15, 0.2) is 12.2 Å². The Balaban J connectivity index is 1.67. The van der Waals surface area contributed by atoms with Crippen LogP contribution in [0.1, 0.15) is 25.7 Å². The molecule has 1 aliphatic heterocycles.